The van der Waals surface area contributed by atoms with Crippen LogP contribution in [-0.2, 0) is 14.3 Å². The number of carboxylic acids is 1. The fraction of sp³-hybridized carbons (Fsp3) is 0.600. The molecule has 0 aliphatic carbocycles. The fourth-order valence-electron chi connectivity index (χ4n) is 2.76. The third-order valence-corrected chi connectivity index (χ3v) is 4.76. The normalized spacial score (nSPS) is 15.1. The van der Waals surface area contributed by atoms with Crippen molar-refractivity contribution in [2.45, 2.75) is 45.4 Å². The van der Waals surface area contributed by atoms with Gasteiger partial charge in [0.2, 0.25) is 0 Å². The van der Waals surface area contributed by atoms with Crippen LogP contribution in [0.2, 0.25) is 0 Å². The van der Waals surface area contributed by atoms with Crippen LogP contribution in [0.3, 0.4) is 0 Å². The third kappa shape index (κ3) is 6.02. The molecular formula is C20H28O6. The summed E-state index contributed by atoms with van der Waals surface area (Å²) in [6.07, 6.45) is 4.85. The number of rotatable bonds is 12. The predicted octanol–water partition coefficient (Wildman–Crippen LogP) is 3.68. The largest absolute Gasteiger partial charge is 0.493 e. The smallest absolute Gasteiger partial charge is 0.339 e. The van der Waals surface area contributed by atoms with Crippen molar-refractivity contribution in [3.63, 3.8) is 0 Å². The van der Waals surface area contributed by atoms with Gasteiger partial charge < -0.3 is 19.3 Å². The van der Waals surface area contributed by atoms with E-state index in [-0.39, 0.29) is 16.9 Å². The second kappa shape index (κ2) is 10.2. The number of carboxylic acid groups (broad SMARTS) is 1. The summed E-state index contributed by atoms with van der Waals surface area (Å²) >= 11 is 0. The van der Waals surface area contributed by atoms with Gasteiger partial charge in [0.25, 0.3) is 0 Å². The van der Waals surface area contributed by atoms with Crippen molar-refractivity contribution in [2.24, 2.45) is 5.41 Å². The van der Waals surface area contributed by atoms with Gasteiger partial charge in [-0.3, -0.25) is 4.79 Å². The lowest BCUT2D eigenvalue weighted by Gasteiger charge is -2.39. The molecule has 0 atom stereocenters. The molecule has 6 heteroatoms. The molecule has 144 valence electrons. The van der Waals surface area contributed by atoms with E-state index in [1.165, 1.54) is 6.07 Å². The summed E-state index contributed by atoms with van der Waals surface area (Å²) in [5, 5.41) is 9.09. The molecule has 1 fully saturated rings. The number of para-hydroxylation sites is 1. The molecule has 0 amide bonds. The Kier molecular flexibility index (Phi) is 7.91. The van der Waals surface area contributed by atoms with Crippen LogP contribution < -0.4 is 4.74 Å². The van der Waals surface area contributed by atoms with Gasteiger partial charge in [-0.15, -0.1) is 0 Å². The van der Waals surface area contributed by atoms with Gasteiger partial charge in [0.15, 0.2) is 0 Å². The molecule has 0 bridgehead atoms. The fourth-order valence-corrected chi connectivity index (χ4v) is 2.76. The van der Waals surface area contributed by atoms with Crippen LogP contribution in [0.5, 0.6) is 5.75 Å². The first kappa shape index (κ1) is 20.2. The molecule has 1 aliphatic heterocycles. The highest BCUT2D eigenvalue weighted by Crippen LogP contribution is 2.31. The standard InChI is InChI=1S/C20H28O6/c1-2-20(13-24-14-20)15-26-18(21)11-5-3-4-8-12-25-17-10-7-6-9-16(17)19(22)23/h6-7,9-10H,2-5,8,11-15H2,1H3,(H,22,23). The van der Waals surface area contributed by atoms with Gasteiger partial charge in [-0.05, 0) is 31.4 Å². The van der Waals surface area contributed by atoms with Crippen molar-refractivity contribution in [2.75, 3.05) is 26.4 Å². The van der Waals surface area contributed by atoms with E-state index in [9.17, 15) is 9.59 Å². The molecule has 0 saturated carbocycles. The first-order valence-corrected chi connectivity index (χ1v) is 9.25. The number of carbonyl (C=O) groups is 2. The average Bonchev–Trinajstić information content (AvgIpc) is 2.60. The van der Waals surface area contributed by atoms with Crippen LogP contribution in [0.4, 0.5) is 0 Å². The van der Waals surface area contributed by atoms with Crippen molar-refractivity contribution in [1.29, 1.82) is 0 Å². The van der Waals surface area contributed by atoms with Crippen molar-refractivity contribution in [1.82, 2.24) is 0 Å². The van der Waals surface area contributed by atoms with Crippen LogP contribution in [0.25, 0.3) is 0 Å². The molecule has 0 unspecified atom stereocenters. The maximum absolute atomic E-state index is 11.8. The van der Waals surface area contributed by atoms with E-state index in [0.717, 1.165) is 32.1 Å². The van der Waals surface area contributed by atoms with Crippen LogP contribution in [0.1, 0.15) is 55.8 Å². The molecule has 6 nitrogen and oxygen atoms in total. The van der Waals surface area contributed by atoms with Gasteiger partial charge in [0, 0.05) is 6.42 Å². The van der Waals surface area contributed by atoms with Crippen molar-refractivity contribution in [3.8, 4) is 5.75 Å². The van der Waals surface area contributed by atoms with Crippen LogP contribution in [0, 0.1) is 5.41 Å². The zero-order chi connectivity index (χ0) is 18.8. The summed E-state index contributed by atoms with van der Waals surface area (Å²) in [5.74, 6) is -0.734. The summed E-state index contributed by atoms with van der Waals surface area (Å²) in [6, 6.07) is 6.62. The van der Waals surface area contributed by atoms with Crippen molar-refractivity contribution < 1.29 is 28.9 Å². The number of benzene rings is 1. The van der Waals surface area contributed by atoms with Gasteiger partial charge in [0.1, 0.15) is 17.9 Å². The zero-order valence-electron chi connectivity index (χ0n) is 15.4. The van der Waals surface area contributed by atoms with Crippen molar-refractivity contribution >= 4 is 11.9 Å². The lowest BCUT2D eigenvalue weighted by atomic mass is 9.84. The highest BCUT2D eigenvalue weighted by atomic mass is 16.5. The number of hydrogen-bond donors (Lipinski definition) is 1. The summed E-state index contributed by atoms with van der Waals surface area (Å²) in [4.78, 5) is 22.9. The van der Waals surface area contributed by atoms with E-state index in [0.29, 0.717) is 38.6 Å². The first-order valence-electron chi connectivity index (χ1n) is 9.25. The van der Waals surface area contributed by atoms with Crippen LogP contribution >= 0.6 is 0 Å². The predicted molar refractivity (Wildman–Crippen MR) is 96.5 cm³/mol. The molecule has 0 spiro atoms. The van der Waals surface area contributed by atoms with E-state index in [1.54, 1.807) is 18.2 Å². The Morgan fingerprint density at radius 2 is 1.88 bits per heavy atom. The second-order valence-corrected chi connectivity index (χ2v) is 6.82. The number of esters is 1. The van der Waals surface area contributed by atoms with E-state index in [1.807, 2.05) is 0 Å². The second-order valence-electron chi connectivity index (χ2n) is 6.82. The van der Waals surface area contributed by atoms with Crippen LogP contribution in [-0.4, -0.2) is 43.5 Å². The van der Waals surface area contributed by atoms with Gasteiger partial charge in [-0.1, -0.05) is 31.9 Å². The topological polar surface area (TPSA) is 82.1 Å². The molecule has 1 heterocycles. The number of unbranched alkanes of at least 4 members (excludes halogenated alkanes) is 3. The summed E-state index contributed by atoms with van der Waals surface area (Å²) in [7, 11) is 0. The quantitative estimate of drug-likeness (QED) is 0.450. The molecule has 1 aliphatic rings. The van der Waals surface area contributed by atoms with E-state index < -0.39 is 5.97 Å². The highest BCUT2D eigenvalue weighted by Gasteiger charge is 2.38. The van der Waals surface area contributed by atoms with Gasteiger partial charge in [0.05, 0.1) is 25.2 Å². The zero-order valence-corrected chi connectivity index (χ0v) is 15.4. The Hall–Kier alpha value is -2.08. The summed E-state index contributed by atoms with van der Waals surface area (Å²) < 4.78 is 16.1. The van der Waals surface area contributed by atoms with Crippen LogP contribution in [0.15, 0.2) is 24.3 Å². The Morgan fingerprint density at radius 1 is 1.15 bits per heavy atom. The number of carbonyl (C=O) groups excluding carboxylic acids is 1. The highest BCUT2D eigenvalue weighted by molar-refractivity contribution is 5.90. The summed E-state index contributed by atoms with van der Waals surface area (Å²) in [6.45, 7) is 4.38. The van der Waals surface area contributed by atoms with Crippen molar-refractivity contribution in [3.05, 3.63) is 29.8 Å². The maximum Gasteiger partial charge on any atom is 0.339 e. The molecule has 1 saturated heterocycles. The molecule has 26 heavy (non-hydrogen) atoms. The Morgan fingerprint density at radius 3 is 2.54 bits per heavy atom. The third-order valence-electron chi connectivity index (χ3n) is 4.76. The maximum atomic E-state index is 11.8. The van der Waals surface area contributed by atoms with E-state index in [4.69, 9.17) is 19.3 Å². The lowest BCUT2D eigenvalue weighted by molar-refractivity contribution is -0.170. The number of hydrogen-bond acceptors (Lipinski definition) is 5. The van der Waals surface area contributed by atoms with Gasteiger partial charge in [-0.2, -0.15) is 0 Å². The van der Waals surface area contributed by atoms with Gasteiger partial charge in [-0.25, -0.2) is 4.79 Å². The molecule has 1 N–H and O–H groups in total. The molecule has 2 rings (SSSR count). The minimum atomic E-state index is -0.988. The molecule has 0 radical (unpaired) electrons. The molecule has 1 aromatic carbocycles. The lowest BCUT2D eigenvalue weighted by Crippen LogP contribution is -2.46. The minimum Gasteiger partial charge on any atom is -0.493 e. The van der Waals surface area contributed by atoms with E-state index >= 15 is 0 Å². The minimum absolute atomic E-state index is 0.0409. The Labute approximate surface area is 154 Å². The number of aromatic carboxylic acids is 1. The first-order chi connectivity index (χ1) is 12.6. The monoisotopic (exact) mass is 364 g/mol. The van der Waals surface area contributed by atoms with E-state index in [2.05, 4.69) is 6.92 Å². The molecule has 0 aromatic heterocycles. The van der Waals surface area contributed by atoms with Gasteiger partial charge >= 0.3 is 11.9 Å². The molecular weight excluding hydrogens is 336 g/mol. The SMILES string of the molecule is CCC1(COC(=O)CCCCCCOc2ccccc2C(=O)O)COC1. The molecule has 1 aromatic rings. The number of ether oxygens (including phenoxy) is 3. The summed E-state index contributed by atoms with van der Waals surface area (Å²) in [5.41, 5.74) is 0.219. The Balaban J connectivity index is 1.52. The Bertz CT molecular complexity index is 588. The average molecular weight is 364 g/mol.